The maximum atomic E-state index is 5.85. The van der Waals surface area contributed by atoms with Crippen molar-refractivity contribution in [2.45, 2.75) is 0 Å². The molecule has 14 heavy (non-hydrogen) atoms. The Labute approximate surface area is 93.2 Å². The molecule has 76 valence electrons. The lowest BCUT2D eigenvalue weighted by Gasteiger charge is -2.26. The molecule has 0 aliphatic carbocycles. The summed E-state index contributed by atoms with van der Waals surface area (Å²) in [4.78, 5) is 0. The van der Waals surface area contributed by atoms with Gasteiger partial charge < -0.3 is 10.1 Å². The number of rotatable bonds is 3. The molecule has 0 atom stereocenters. The largest absolute Gasteiger partial charge is 0.493 e. The molecule has 4 heteroatoms. The second-order valence-electron chi connectivity index (χ2n) is 3.41. The van der Waals surface area contributed by atoms with Gasteiger partial charge in [0.15, 0.2) is 0 Å². The zero-order valence-corrected chi connectivity index (χ0v) is 9.11. The van der Waals surface area contributed by atoms with Gasteiger partial charge in [0, 0.05) is 25.1 Å². The minimum absolute atomic E-state index is 0.538. The minimum Gasteiger partial charge on any atom is -0.493 e. The lowest BCUT2D eigenvalue weighted by atomic mass is 10.1. The molecule has 1 saturated heterocycles. The molecule has 0 saturated carbocycles. The van der Waals surface area contributed by atoms with Crippen LogP contribution in [0.15, 0.2) is 18.2 Å². The number of hydrogen-bond donors (Lipinski definition) is 1. The summed E-state index contributed by atoms with van der Waals surface area (Å²) in [5.41, 5.74) is 0. The topological polar surface area (TPSA) is 21.3 Å². The summed E-state index contributed by atoms with van der Waals surface area (Å²) in [7, 11) is 0. The van der Waals surface area contributed by atoms with Gasteiger partial charge in [-0.05, 0) is 12.1 Å². The van der Waals surface area contributed by atoms with E-state index in [0.717, 1.165) is 25.4 Å². The summed E-state index contributed by atoms with van der Waals surface area (Å²) in [5, 5.41) is 4.29. The Bertz CT molecular complexity index is 326. The summed E-state index contributed by atoms with van der Waals surface area (Å²) in [6, 6.07) is 5.33. The molecule has 0 aromatic heterocycles. The normalized spacial score (nSPS) is 16.4. The average molecular weight is 232 g/mol. The first-order chi connectivity index (χ1) is 6.75. The predicted molar refractivity (Wildman–Crippen MR) is 58.3 cm³/mol. The number of hydrogen-bond acceptors (Lipinski definition) is 2. The predicted octanol–water partition coefficient (Wildman–Crippen LogP) is 2.59. The Kier molecular flexibility index (Phi) is 3.16. The third-order valence-electron chi connectivity index (χ3n) is 2.24. The third-order valence-corrected chi connectivity index (χ3v) is 2.98. The first-order valence-electron chi connectivity index (χ1n) is 4.54. The van der Waals surface area contributed by atoms with E-state index >= 15 is 0 Å². The number of ether oxygens (including phenoxy) is 1. The molecule has 0 radical (unpaired) electrons. The fourth-order valence-corrected chi connectivity index (χ4v) is 1.54. The number of nitrogens with one attached hydrogen (secondary N) is 1. The SMILES string of the molecule is Clc1ccc(OCC2CNC2)cc1Cl. The van der Waals surface area contributed by atoms with Crippen LogP contribution in [0.5, 0.6) is 5.75 Å². The van der Waals surface area contributed by atoms with Gasteiger partial charge in [-0.3, -0.25) is 0 Å². The van der Waals surface area contributed by atoms with Crippen molar-refractivity contribution >= 4 is 23.2 Å². The van der Waals surface area contributed by atoms with E-state index in [-0.39, 0.29) is 0 Å². The molecule has 2 nitrogen and oxygen atoms in total. The number of benzene rings is 1. The van der Waals surface area contributed by atoms with Crippen LogP contribution in [0.2, 0.25) is 10.0 Å². The summed E-state index contributed by atoms with van der Waals surface area (Å²) < 4.78 is 5.56. The Hall–Kier alpha value is -0.440. The molecule has 1 N–H and O–H groups in total. The van der Waals surface area contributed by atoms with Crippen LogP contribution in [0.1, 0.15) is 0 Å². The van der Waals surface area contributed by atoms with Crippen LogP contribution in [-0.4, -0.2) is 19.7 Å². The molecule has 1 aliphatic rings. The van der Waals surface area contributed by atoms with E-state index in [4.69, 9.17) is 27.9 Å². The van der Waals surface area contributed by atoms with Crippen molar-refractivity contribution in [3.05, 3.63) is 28.2 Å². The fraction of sp³-hybridized carbons (Fsp3) is 0.400. The van der Waals surface area contributed by atoms with E-state index in [1.54, 1.807) is 12.1 Å². The molecular formula is C10H11Cl2NO. The summed E-state index contributed by atoms with van der Waals surface area (Å²) in [6.45, 7) is 2.83. The standard InChI is InChI=1S/C10H11Cl2NO/c11-9-2-1-8(3-10(9)12)14-6-7-4-13-5-7/h1-3,7,13H,4-6H2. The van der Waals surface area contributed by atoms with E-state index in [1.165, 1.54) is 0 Å². The monoisotopic (exact) mass is 231 g/mol. The Morgan fingerprint density at radius 2 is 2.07 bits per heavy atom. The zero-order chi connectivity index (χ0) is 9.97. The van der Waals surface area contributed by atoms with Gasteiger partial charge in [0.05, 0.1) is 16.7 Å². The molecule has 1 fully saturated rings. The van der Waals surface area contributed by atoms with Gasteiger partial charge in [-0.25, -0.2) is 0 Å². The molecular weight excluding hydrogens is 221 g/mol. The number of halogens is 2. The second kappa shape index (κ2) is 4.39. The lowest BCUT2D eigenvalue weighted by molar-refractivity contribution is 0.199. The van der Waals surface area contributed by atoms with Crippen molar-refractivity contribution in [1.82, 2.24) is 5.32 Å². The van der Waals surface area contributed by atoms with Crippen molar-refractivity contribution in [1.29, 1.82) is 0 Å². The van der Waals surface area contributed by atoms with E-state index < -0.39 is 0 Å². The second-order valence-corrected chi connectivity index (χ2v) is 4.23. The average Bonchev–Trinajstić information content (AvgIpc) is 2.08. The minimum atomic E-state index is 0.538. The molecule has 1 heterocycles. The molecule has 1 aliphatic heterocycles. The van der Waals surface area contributed by atoms with Gasteiger partial charge in [-0.2, -0.15) is 0 Å². The van der Waals surface area contributed by atoms with Crippen LogP contribution in [-0.2, 0) is 0 Å². The summed E-state index contributed by atoms with van der Waals surface area (Å²) in [6.07, 6.45) is 0. The zero-order valence-electron chi connectivity index (χ0n) is 7.59. The fourth-order valence-electron chi connectivity index (χ4n) is 1.25. The molecule has 0 bridgehead atoms. The molecule has 1 aromatic rings. The molecule has 0 spiro atoms. The van der Waals surface area contributed by atoms with Crippen LogP contribution >= 0.6 is 23.2 Å². The highest BCUT2D eigenvalue weighted by molar-refractivity contribution is 6.42. The van der Waals surface area contributed by atoms with E-state index in [1.807, 2.05) is 6.07 Å². The highest BCUT2D eigenvalue weighted by Crippen LogP contribution is 2.26. The van der Waals surface area contributed by atoms with Gasteiger partial charge in [-0.15, -0.1) is 0 Å². The molecule has 0 amide bonds. The van der Waals surface area contributed by atoms with Crippen molar-refractivity contribution in [2.75, 3.05) is 19.7 Å². The lowest BCUT2D eigenvalue weighted by Crippen LogP contribution is -2.45. The van der Waals surface area contributed by atoms with Gasteiger partial charge in [0.1, 0.15) is 5.75 Å². The van der Waals surface area contributed by atoms with Gasteiger partial charge in [-0.1, -0.05) is 23.2 Å². The summed E-state index contributed by atoms with van der Waals surface area (Å²) >= 11 is 11.6. The molecule has 1 aromatic carbocycles. The van der Waals surface area contributed by atoms with Crippen LogP contribution < -0.4 is 10.1 Å². The van der Waals surface area contributed by atoms with Crippen molar-refractivity contribution < 1.29 is 4.74 Å². The maximum absolute atomic E-state index is 5.85. The van der Waals surface area contributed by atoms with Gasteiger partial charge in [0.2, 0.25) is 0 Å². The maximum Gasteiger partial charge on any atom is 0.120 e. The van der Waals surface area contributed by atoms with Crippen molar-refractivity contribution in [3.8, 4) is 5.75 Å². The molecule has 0 unspecified atom stereocenters. The summed E-state index contributed by atoms with van der Waals surface area (Å²) in [5.74, 6) is 1.41. The molecule has 2 rings (SSSR count). The van der Waals surface area contributed by atoms with Crippen molar-refractivity contribution in [2.24, 2.45) is 5.92 Å². The highest BCUT2D eigenvalue weighted by atomic mass is 35.5. The first-order valence-corrected chi connectivity index (χ1v) is 5.30. The van der Waals surface area contributed by atoms with Crippen LogP contribution in [0.25, 0.3) is 0 Å². The van der Waals surface area contributed by atoms with E-state index in [9.17, 15) is 0 Å². The van der Waals surface area contributed by atoms with Gasteiger partial charge in [0.25, 0.3) is 0 Å². The van der Waals surface area contributed by atoms with Crippen LogP contribution in [0.4, 0.5) is 0 Å². The highest BCUT2D eigenvalue weighted by Gasteiger charge is 2.17. The Balaban J connectivity index is 1.91. The van der Waals surface area contributed by atoms with Crippen LogP contribution in [0.3, 0.4) is 0 Å². The quantitative estimate of drug-likeness (QED) is 0.864. The van der Waals surface area contributed by atoms with E-state index in [2.05, 4.69) is 5.32 Å². The van der Waals surface area contributed by atoms with Crippen LogP contribution in [0, 0.1) is 5.92 Å². The smallest absolute Gasteiger partial charge is 0.120 e. The third kappa shape index (κ3) is 2.32. The Morgan fingerprint density at radius 1 is 1.29 bits per heavy atom. The van der Waals surface area contributed by atoms with Crippen molar-refractivity contribution in [3.63, 3.8) is 0 Å². The Morgan fingerprint density at radius 3 is 2.64 bits per heavy atom. The first kappa shape index (κ1) is 10.1. The van der Waals surface area contributed by atoms with E-state index in [0.29, 0.717) is 16.0 Å². The van der Waals surface area contributed by atoms with Gasteiger partial charge >= 0.3 is 0 Å².